The Morgan fingerprint density at radius 2 is 2.21 bits per heavy atom. The van der Waals surface area contributed by atoms with E-state index < -0.39 is 5.97 Å². The van der Waals surface area contributed by atoms with Crippen LogP contribution in [0.4, 0.5) is 5.69 Å². The normalized spacial score (nSPS) is 10.5. The number of benzene rings is 1. The lowest BCUT2D eigenvalue weighted by molar-refractivity contribution is 0.0702. The zero-order valence-electron chi connectivity index (χ0n) is 10.0. The molecule has 0 saturated carbocycles. The van der Waals surface area contributed by atoms with E-state index in [4.69, 9.17) is 5.11 Å². The standard InChI is InChI=1S/C13H11BrINO2S/c1-7-8(4-12(19-7)13(17)18)6-16-9-2-3-10(14)11(15)5-9/h2-5,16H,6H2,1H3,(H,17,18). The second-order valence-electron chi connectivity index (χ2n) is 3.98. The molecule has 6 heteroatoms. The van der Waals surface area contributed by atoms with Crippen molar-refractivity contribution in [1.82, 2.24) is 0 Å². The Morgan fingerprint density at radius 1 is 1.47 bits per heavy atom. The Labute approximate surface area is 137 Å². The van der Waals surface area contributed by atoms with Crippen LogP contribution in [0.1, 0.15) is 20.1 Å². The van der Waals surface area contributed by atoms with Crippen LogP contribution in [0, 0.1) is 10.5 Å². The van der Waals surface area contributed by atoms with Gasteiger partial charge < -0.3 is 10.4 Å². The molecule has 0 spiro atoms. The molecule has 0 radical (unpaired) electrons. The maximum absolute atomic E-state index is 10.9. The van der Waals surface area contributed by atoms with E-state index in [-0.39, 0.29) is 0 Å². The van der Waals surface area contributed by atoms with E-state index in [0.29, 0.717) is 11.4 Å². The van der Waals surface area contributed by atoms with E-state index in [1.165, 1.54) is 11.3 Å². The lowest BCUT2D eigenvalue weighted by Crippen LogP contribution is -2.00. The maximum atomic E-state index is 10.9. The Balaban J connectivity index is 2.09. The SMILES string of the molecule is Cc1sc(C(=O)O)cc1CNc1ccc(Br)c(I)c1. The first kappa shape index (κ1) is 14.8. The molecule has 0 aliphatic carbocycles. The highest BCUT2D eigenvalue weighted by Crippen LogP contribution is 2.25. The Kier molecular flexibility index (Phi) is 4.86. The molecule has 100 valence electrons. The molecule has 0 amide bonds. The van der Waals surface area contributed by atoms with Crippen molar-refractivity contribution in [3.63, 3.8) is 0 Å². The van der Waals surface area contributed by atoms with Gasteiger partial charge in [-0.15, -0.1) is 11.3 Å². The van der Waals surface area contributed by atoms with Crippen molar-refractivity contribution in [2.45, 2.75) is 13.5 Å². The van der Waals surface area contributed by atoms with Crippen LogP contribution >= 0.6 is 49.9 Å². The van der Waals surface area contributed by atoms with Gasteiger partial charge in [0.1, 0.15) is 4.88 Å². The highest BCUT2D eigenvalue weighted by Gasteiger charge is 2.10. The van der Waals surface area contributed by atoms with Crippen LogP contribution < -0.4 is 5.32 Å². The molecule has 0 aliphatic rings. The van der Waals surface area contributed by atoms with E-state index in [0.717, 1.165) is 24.2 Å². The Bertz CT molecular complexity index is 627. The summed E-state index contributed by atoms with van der Waals surface area (Å²) in [5.74, 6) is -0.863. The second kappa shape index (κ2) is 6.23. The van der Waals surface area contributed by atoms with Gasteiger partial charge in [-0.1, -0.05) is 0 Å². The molecule has 2 rings (SSSR count). The summed E-state index contributed by atoms with van der Waals surface area (Å²) in [7, 11) is 0. The number of nitrogens with one attached hydrogen (secondary N) is 1. The van der Waals surface area contributed by atoms with Crippen LogP contribution in [-0.2, 0) is 6.54 Å². The van der Waals surface area contributed by atoms with E-state index in [2.05, 4.69) is 43.8 Å². The molecule has 1 aromatic heterocycles. The van der Waals surface area contributed by atoms with Crippen molar-refractivity contribution >= 4 is 61.5 Å². The minimum Gasteiger partial charge on any atom is -0.477 e. The van der Waals surface area contributed by atoms with Gasteiger partial charge in [0.05, 0.1) is 0 Å². The molecule has 0 bridgehead atoms. The van der Waals surface area contributed by atoms with E-state index >= 15 is 0 Å². The van der Waals surface area contributed by atoms with Gasteiger partial charge >= 0.3 is 5.97 Å². The van der Waals surface area contributed by atoms with Gasteiger partial charge in [0.2, 0.25) is 0 Å². The Morgan fingerprint density at radius 3 is 2.79 bits per heavy atom. The van der Waals surface area contributed by atoms with Crippen LogP contribution in [0.25, 0.3) is 0 Å². The molecular weight excluding hydrogens is 441 g/mol. The van der Waals surface area contributed by atoms with Crippen molar-refractivity contribution in [3.05, 3.63) is 47.6 Å². The molecule has 0 atom stereocenters. The summed E-state index contributed by atoms with van der Waals surface area (Å²) in [6.45, 7) is 2.58. The summed E-state index contributed by atoms with van der Waals surface area (Å²) >= 11 is 7.03. The van der Waals surface area contributed by atoms with E-state index in [9.17, 15) is 4.79 Å². The number of hydrogen-bond donors (Lipinski definition) is 2. The van der Waals surface area contributed by atoms with E-state index in [1.54, 1.807) is 6.07 Å². The first-order valence-electron chi connectivity index (χ1n) is 5.49. The lowest BCUT2D eigenvalue weighted by atomic mass is 10.2. The Hall–Kier alpha value is -0.600. The summed E-state index contributed by atoms with van der Waals surface area (Å²) in [5, 5.41) is 12.3. The number of anilines is 1. The molecule has 0 fully saturated rings. The predicted molar refractivity (Wildman–Crippen MR) is 90.2 cm³/mol. The summed E-state index contributed by atoms with van der Waals surface area (Å²) in [6, 6.07) is 7.77. The fourth-order valence-electron chi connectivity index (χ4n) is 1.60. The summed E-state index contributed by atoms with van der Waals surface area (Å²) in [5.41, 5.74) is 2.05. The number of carboxylic acid groups (broad SMARTS) is 1. The number of thiophene rings is 1. The molecular formula is C13H11BrINO2S. The van der Waals surface area contributed by atoms with Crippen LogP contribution in [-0.4, -0.2) is 11.1 Å². The third-order valence-electron chi connectivity index (χ3n) is 2.63. The topological polar surface area (TPSA) is 49.3 Å². The number of carbonyl (C=O) groups is 1. The van der Waals surface area contributed by atoms with Crippen molar-refractivity contribution in [1.29, 1.82) is 0 Å². The summed E-state index contributed by atoms with van der Waals surface area (Å²) in [4.78, 5) is 12.3. The first-order chi connectivity index (χ1) is 8.97. The average molecular weight is 452 g/mol. The van der Waals surface area contributed by atoms with Crippen molar-refractivity contribution < 1.29 is 9.90 Å². The first-order valence-corrected chi connectivity index (χ1v) is 8.17. The number of halogens is 2. The van der Waals surface area contributed by atoms with Gasteiger partial charge in [0.15, 0.2) is 0 Å². The number of carboxylic acids is 1. The molecule has 1 aromatic carbocycles. The molecule has 0 aliphatic heterocycles. The van der Waals surface area contributed by atoms with Gasteiger partial charge in [-0.2, -0.15) is 0 Å². The molecule has 0 saturated heterocycles. The number of aromatic carboxylic acids is 1. The monoisotopic (exact) mass is 451 g/mol. The van der Waals surface area contributed by atoms with Crippen molar-refractivity contribution in [3.8, 4) is 0 Å². The molecule has 2 aromatic rings. The van der Waals surface area contributed by atoms with Gasteiger partial charge in [-0.25, -0.2) is 4.79 Å². The molecule has 19 heavy (non-hydrogen) atoms. The second-order valence-corrected chi connectivity index (χ2v) is 7.25. The summed E-state index contributed by atoms with van der Waals surface area (Å²) in [6.07, 6.45) is 0. The molecule has 0 unspecified atom stereocenters. The largest absolute Gasteiger partial charge is 0.477 e. The zero-order valence-corrected chi connectivity index (χ0v) is 14.6. The maximum Gasteiger partial charge on any atom is 0.345 e. The molecule has 1 heterocycles. The summed E-state index contributed by atoms with van der Waals surface area (Å²) < 4.78 is 2.20. The minimum absolute atomic E-state index is 0.389. The van der Waals surface area contributed by atoms with Gasteiger partial charge in [0.25, 0.3) is 0 Å². The van der Waals surface area contributed by atoms with E-state index in [1.807, 2.05) is 25.1 Å². The smallest absolute Gasteiger partial charge is 0.345 e. The highest BCUT2D eigenvalue weighted by molar-refractivity contribution is 14.1. The van der Waals surface area contributed by atoms with Crippen LogP contribution in [0.15, 0.2) is 28.7 Å². The molecule has 2 N–H and O–H groups in total. The average Bonchev–Trinajstić information content (AvgIpc) is 2.73. The van der Waals surface area contributed by atoms with Gasteiger partial charge in [-0.05, 0) is 75.3 Å². The third-order valence-corrected chi connectivity index (χ3v) is 6.04. The van der Waals surface area contributed by atoms with Crippen LogP contribution in [0.3, 0.4) is 0 Å². The lowest BCUT2D eigenvalue weighted by Gasteiger charge is -2.07. The third kappa shape index (κ3) is 3.70. The molecule has 3 nitrogen and oxygen atoms in total. The van der Waals surface area contributed by atoms with Crippen molar-refractivity contribution in [2.24, 2.45) is 0 Å². The minimum atomic E-state index is -0.863. The highest BCUT2D eigenvalue weighted by atomic mass is 127. The number of rotatable bonds is 4. The zero-order chi connectivity index (χ0) is 14.0. The van der Waals surface area contributed by atoms with Gasteiger partial charge in [-0.3, -0.25) is 0 Å². The fourth-order valence-corrected chi connectivity index (χ4v) is 3.25. The van der Waals surface area contributed by atoms with Crippen LogP contribution in [0.2, 0.25) is 0 Å². The fraction of sp³-hybridized carbons (Fsp3) is 0.154. The number of aryl methyl sites for hydroxylation is 1. The quantitative estimate of drug-likeness (QED) is 0.660. The van der Waals surface area contributed by atoms with Crippen molar-refractivity contribution in [2.75, 3.05) is 5.32 Å². The predicted octanol–water partition coefficient (Wildman–Crippen LogP) is 4.73. The number of hydrogen-bond acceptors (Lipinski definition) is 3. The van der Waals surface area contributed by atoms with Gasteiger partial charge in [0, 0.05) is 25.2 Å². The van der Waals surface area contributed by atoms with Crippen LogP contribution in [0.5, 0.6) is 0 Å².